The summed E-state index contributed by atoms with van der Waals surface area (Å²) in [4.78, 5) is 27.3. The molecule has 1 amide bonds. The number of esters is 1. The maximum absolute atomic E-state index is 12.9. The molecular formula is C20H21N3O3. The molecule has 0 saturated carbocycles. The minimum absolute atomic E-state index is 0.175. The summed E-state index contributed by atoms with van der Waals surface area (Å²) in [5.41, 5.74) is 1.55. The van der Waals surface area contributed by atoms with Crippen LogP contribution >= 0.6 is 0 Å². The van der Waals surface area contributed by atoms with Crippen LogP contribution in [0.25, 0.3) is 10.9 Å². The largest absolute Gasteiger partial charge is 0.442 e. The van der Waals surface area contributed by atoms with Crippen molar-refractivity contribution in [2.75, 3.05) is 13.1 Å². The molecule has 0 saturated heterocycles. The average molecular weight is 351 g/mol. The summed E-state index contributed by atoms with van der Waals surface area (Å²) in [6, 6.07) is 16.3. The number of carbonyl (C=O) groups is 2. The second-order valence-corrected chi connectivity index (χ2v) is 5.82. The number of hydrogen-bond acceptors (Lipinski definition) is 4. The monoisotopic (exact) mass is 351 g/mol. The number of ether oxygens (including phenoxy) is 1. The lowest BCUT2D eigenvalue weighted by molar-refractivity contribution is -0.140. The van der Waals surface area contributed by atoms with Crippen LogP contribution in [0.2, 0.25) is 0 Å². The maximum atomic E-state index is 12.9. The van der Waals surface area contributed by atoms with Crippen LogP contribution in [0.5, 0.6) is 0 Å². The van der Waals surface area contributed by atoms with Crippen LogP contribution in [0.4, 0.5) is 0 Å². The number of nitrogens with one attached hydrogen (secondary N) is 1. The second kappa shape index (κ2) is 7.82. The Kier molecular flexibility index (Phi) is 5.31. The van der Waals surface area contributed by atoms with Crippen molar-refractivity contribution in [3.05, 3.63) is 65.9 Å². The minimum atomic E-state index is -1.00. The summed E-state index contributed by atoms with van der Waals surface area (Å²) >= 11 is 0. The van der Waals surface area contributed by atoms with Gasteiger partial charge in [0.15, 0.2) is 5.69 Å². The highest BCUT2D eigenvalue weighted by atomic mass is 16.5. The molecular weight excluding hydrogens is 330 g/mol. The van der Waals surface area contributed by atoms with Gasteiger partial charge in [0.25, 0.3) is 5.91 Å². The second-order valence-electron chi connectivity index (χ2n) is 5.82. The van der Waals surface area contributed by atoms with E-state index in [1.807, 2.05) is 50.2 Å². The van der Waals surface area contributed by atoms with Gasteiger partial charge in [0.2, 0.25) is 6.10 Å². The summed E-state index contributed by atoms with van der Waals surface area (Å²) in [5.74, 6) is -0.869. The van der Waals surface area contributed by atoms with E-state index in [1.165, 1.54) is 0 Å². The highest BCUT2D eigenvalue weighted by Crippen LogP contribution is 2.24. The van der Waals surface area contributed by atoms with Crippen molar-refractivity contribution in [1.29, 1.82) is 0 Å². The van der Waals surface area contributed by atoms with Gasteiger partial charge in [0.1, 0.15) is 0 Å². The molecule has 0 bridgehead atoms. The molecule has 0 fully saturated rings. The summed E-state index contributed by atoms with van der Waals surface area (Å²) < 4.78 is 5.62. The quantitative estimate of drug-likeness (QED) is 0.691. The summed E-state index contributed by atoms with van der Waals surface area (Å²) in [5, 5.41) is 7.54. The number of fused-ring (bicyclic) bond motifs is 1. The first kappa shape index (κ1) is 17.7. The number of para-hydroxylation sites is 1. The van der Waals surface area contributed by atoms with Crippen molar-refractivity contribution in [3.8, 4) is 0 Å². The Morgan fingerprint density at radius 3 is 2.38 bits per heavy atom. The van der Waals surface area contributed by atoms with E-state index in [9.17, 15) is 9.59 Å². The van der Waals surface area contributed by atoms with Gasteiger partial charge in [0.05, 0.1) is 5.52 Å². The lowest BCUT2D eigenvalue weighted by Crippen LogP contribution is -2.36. The summed E-state index contributed by atoms with van der Waals surface area (Å²) in [7, 11) is 0. The molecule has 0 aliphatic heterocycles. The molecule has 6 nitrogen and oxygen atoms in total. The molecule has 1 heterocycles. The van der Waals surface area contributed by atoms with Gasteiger partial charge in [-0.2, -0.15) is 5.10 Å². The fourth-order valence-electron chi connectivity index (χ4n) is 2.87. The zero-order valence-corrected chi connectivity index (χ0v) is 14.8. The first-order valence-corrected chi connectivity index (χ1v) is 8.63. The molecule has 0 aliphatic carbocycles. The van der Waals surface area contributed by atoms with Crippen LogP contribution in [0.3, 0.4) is 0 Å². The van der Waals surface area contributed by atoms with Crippen molar-refractivity contribution in [3.63, 3.8) is 0 Å². The average Bonchev–Trinajstić information content (AvgIpc) is 3.11. The number of rotatable bonds is 6. The topological polar surface area (TPSA) is 75.3 Å². The number of benzene rings is 2. The van der Waals surface area contributed by atoms with Crippen molar-refractivity contribution in [2.24, 2.45) is 0 Å². The van der Waals surface area contributed by atoms with Crippen LogP contribution in [-0.4, -0.2) is 40.1 Å². The molecule has 134 valence electrons. The Labute approximate surface area is 151 Å². The van der Waals surface area contributed by atoms with Crippen LogP contribution in [0, 0.1) is 0 Å². The number of nitrogens with zero attached hydrogens (tertiary/aromatic N) is 2. The van der Waals surface area contributed by atoms with Crippen molar-refractivity contribution >= 4 is 22.8 Å². The number of aromatic nitrogens is 2. The molecule has 1 atom stereocenters. The first-order chi connectivity index (χ1) is 12.7. The molecule has 3 aromatic rings. The number of aromatic amines is 1. The van der Waals surface area contributed by atoms with E-state index < -0.39 is 12.1 Å². The minimum Gasteiger partial charge on any atom is -0.442 e. The Hall–Kier alpha value is -3.15. The zero-order valence-electron chi connectivity index (χ0n) is 14.8. The lowest BCUT2D eigenvalue weighted by Gasteiger charge is -2.25. The van der Waals surface area contributed by atoms with Gasteiger partial charge in [0, 0.05) is 24.0 Å². The van der Waals surface area contributed by atoms with Gasteiger partial charge < -0.3 is 9.64 Å². The van der Waals surface area contributed by atoms with Gasteiger partial charge in [-0.1, -0.05) is 48.5 Å². The number of likely N-dealkylation sites (N-methyl/N-ethyl adjacent to an activating group) is 1. The zero-order chi connectivity index (χ0) is 18.5. The van der Waals surface area contributed by atoms with E-state index in [0.29, 0.717) is 24.0 Å². The van der Waals surface area contributed by atoms with E-state index in [0.717, 1.165) is 5.52 Å². The van der Waals surface area contributed by atoms with Crippen LogP contribution < -0.4 is 0 Å². The van der Waals surface area contributed by atoms with E-state index in [4.69, 9.17) is 4.74 Å². The van der Waals surface area contributed by atoms with Gasteiger partial charge in [-0.25, -0.2) is 4.79 Å². The third-order valence-electron chi connectivity index (χ3n) is 4.29. The van der Waals surface area contributed by atoms with E-state index >= 15 is 0 Å². The Morgan fingerprint density at radius 2 is 1.69 bits per heavy atom. The third-order valence-corrected chi connectivity index (χ3v) is 4.29. The van der Waals surface area contributed by atoms with Crippen LogP contribution in [0.15, 0.2) is 54.6 Å². The Bertz CT molecular complexity index is 901. The molecule has 0 spiro atoms. The lowest BCUT2D eigenvalue weighted by atomic mass is 10.1. The van der Waals surface area contributed by atoms with Gasteiger partial charge in [-0.3, -0.25) is 9.89 Å². The number of amides is 1. The fourth-order valence-corrected chi connectivity index (χ4v) is 2.87. The van der Waals surface area contributed by atoms with E-state index in [1.54, 1.807) is 23.1 Å². The number of hydrogen-bond donors (Lipinski definition) is 1. The molecule has 0 unspecified atom stereocenters. The standard InChI is InChI=1S/C20H21N3O3/c1-3-23(4-2)19(24)18(14-10-6-5-7-11-14)26-20(25)17-15-12-8-9-13-16(15)21-22-17/h5-13,18H,3-4H2,1-2H3,(H,21,22)/t18-/m1/s1. The predicted molar refractivity (Wildman–Crippen MR) is 98.6 cm³/mol. The molecule has 0 aliphatic rings. The predicted octanol–water partition coefficient (Wildman–Crippen LogP) is 3.33. The number of H-pyrrole nitrogens is 1. The third kappa shape index (κ3) is 3.44. The summed E-state index contributed by atoms with van der Waals surface area (Å²) in [6.07, 6.45) is -1.00. The molecule has 1 aromatic heterocycles. The van der Waals surface area contributed by atoms with Crippen molar-refractivity contribution in [2.45, 2.75) is 20.0 Å². The SMILES string of the molecule is CCN(CC)C(=O)[C@H](OC(=O)c1n[nH]c2ccccc12)c1ccccc1. The van der Waals surface area contributed by atoms with Gasteiger partial charge >= 0.3 is 5.97 Å². The highest BCUT2D eigenvalue weighted by molar-refractivity contribution is 6.02. The molecule has 2 aromatic carbocycles. The van der Waals surface area contributed by atoms with Crippen molar-refractivity contribution < 1.29 is 14.3 Å². The van der Waals surface area contributed by atoms with E-state index in [2.05, 4.69) is 10.2 Å². The normalized spacial score (nSPS) is 11.9. The fraction of sp³-hybridized carbons (Fsp3) is 0.250. The smallest absolute Gasteiger partial charge is 0.360 e. The van der Waals surface area contributed by atoms with Gasteiger partial charge in [-0.05, 0) is 19.9 Å². The maximum Gasteiger partial charge on any atom is 0.360 e. The molecule has 6 heteroatoms. The molecule has 26 heavy (non-hydrogen) atoms. The highest BCUT2D eigenvalue weighted by Gasteiger charge is 2.30. The van der Waals surface area contributed by atoms with Crippen molar-refractivity contribution in [1.82, 2.24) is 15.1 Å². The molecule has 0 radical (unpaired) electrons. The van der Waals surface area contributed by atoms with Gasteiger partial charge in [-0.15, -0.1) is 0 Å². The van der Waals surface area contributed by atoms with Crippen LogP contribution in [-0.2, 0) is 9.53 Å². The Morgan fingerprint density at radius 1 is 1.04 bits per heavy atom. The molecule has 3 rings (SSSR count). The summed E-state index contributed by atoms with van der Waals surface area (Å²) in [6.45, 7) is 4.88. The van der Waals surface area contributed by atoms with Crippen LogP contribution in [0.1, 0.15) is 36.0 Å². The Balaban J connectivity index is 1.92. The molecule has 1 N–H and O–H groups in total. The van der Waals surface area contributed by atoms with E-state index in [-0.39, 0.29) is 11.6 Å². The first-order valence-electron chi connectivity index (χ1n) is 8.63. The number of carbonyl (C=O) groups excluding carboxylic acids is 2.